The van der Waals surface area contributed by atoms with E-state index in [1.165, 1.54) is 6.07 Å². The molecule has 1 saturated heterocycles. The molecule has 0 atom stereocenters. The molecular formula is C16H25FN2. The smallest absolute Gasteiger partial charge is 0.123 e. The van der Waals surface area contributed by atoms with Gasteiger partial charge in [0.1, 0.15) is 5.82 Å². The first kappa shape index (κ1) is 14.5. The van der Waals surface area contributed by atoms with Gasteiger partial charge in [-0.1, -0.05) is 12.1 Å². The lowest BCUT2D eigenvalue weighted by atomic mass is 9.79. The molecule has 0 aliphatic carbocycles. The Morgan fingerprint density at radius 3 is 2.42 bits per heavy atom. The number of hydrogen-bond acceptors (Lipinski definition) is 2. The first-order valence-corrected chi connectivity index (χ1v) is 7.03. The zero-order chi connectivity index (χ0) is 14.1. The van der Waals surface area contributed by atoms with Crippen molar-refractivity contribution < 1.29 is 4.39 Å². The third-order valence-electron chi connectivity index (χ3n) is 3.67. The van der Waals surface area contributed by atoms with E-state index in [0.717, 1.165) is 24.9 Å². The van der Waals surface area contributed by atoms with Crippen LogP contribution in [0.5, 0.6) is 0 Å². The summed E-state index contributed by atoms with van der Waals surface area (Å²) in [5, 5.41) is 7.24. The van der Waals surface area contributed by atoms with E-state index in [4.69, 9.17) is 0 Å². The minimum absolute atomic E-state index is 0.140. The summed E-state index contributed by atoms with van der Waals surface area (Å²) in [5.74, 6) is -0.162. The third kappa shape index (κ3) is 4.29. The zero-order valence-electron chi connectivity index (χ0n) is 12.4. The van der Waals surface area contributed by atoms with E-state index in [9.17, 15) is 4.39 Å². The van der Waals surface area contributed by atoms with Crippen molar-refractivity contribution in [1.82, 2.24) is 10.6 Å². The van der Waals surface area contributed by atoms with Gasteiger partial charge in [-0.05, 0) is 58.2 Å². The molecule has 1 fully saturated rings. The Balaban J connectivity index is 1.96. The van der Waals surface area contributed by atoms with E-state index < -0.39 is 0 Å². The summed E-state index contributed by atoms with van der Waals surface area (Å²) in [4.78, 5) is 0. The SMILES string of the molecule is CC1(C)CC(NCc2cccc(F)c2)CC(C)(C)N1. The molecule has 106 valence electrons. The summed E-state index contributed by atoms with van der Waals surface area (Å²) < 4.78 is 13.1. The van der Waals surface area contributed by atoms with Crippen LogP contribution < -0.4 is 10.6 Å². The number of benzene rings is 1. The number of piperidine rings is 1. The van der Waals surface area contributed by atoms with Gasteiger partial charge in [-0.3, -0.25) is 0 Å². The minimum atomic E-state index is -0.162. The van der Waals surface area contributed by atoms with E-state index in [2.05, 4.69) is 38.3 Å². The lowest BCUT2D eigenvalue weighted by Gasteiger charge is -2.46. The maximum atomic E-state index is 13.1. The Kier molecular flexibility index (Phi) is 3.98. The van der Waals surface area contributed by atoms with Crippen molar-refractivity contribution >= 4 is 0 Å². The Labute approximate surface area is 115 Å². The van der Waals surface area contributed by atoms with Gasteiger partial charge in [-0.15, -0.1) is 0 Å². The molecule has 1 aromatic rings. The summed E-state index contributed by atoms with van der Waals surface area (Å²) in [6.07, 6.45) is 2.18. The molecule has 2 rings (SSSR count). The van der Waals surface area contributed by atoms with Crippen molar-refractivity contribution in [3.8, 4) is 0 Å². The van der Waals surface area contributed by atoms with Crippen molar-refractivity contribution in [3.05, 3.63) is 35.6 Å². The highest BCUT2D eigenvalue weighted by Crippen LogP contribution is 2.28. The highest BCUT2D eigenvalue weighted by Gasteiger charge is 2.37. The van der Waals surface area contributed by atoms with Crippen LogP contribution >= 0.6 is 0 Å². The molecule has 0 spiro atoms. The van der Waals surface area contributed by atoms with Crippen LogP contribution in [0.1, 0.15) is 46.1 Å². The van der Waals surface area contributed by atoms with Crippen LogP contribution in [0.2, 0.25) is 0 Å². The number of nitrogens with one attached hydrogen (secondary N) is 2. The van der Waals surface area contributed by atoms with E-state index in [1.807, 2.05) is 6.07 Å². The Bertz CT molecular complexity index is 424. The van der Waals surface area contributed by atoms with E-state index in [-0.39, 0.29) is 16.9 Å². The molecule has 0 unspecified atom stereocenters. The molecule has 19 heavy (non-hydrogen) atoms. The van der Waals surface area contributed by atoms with E-state index in [0.29, 0.717) is 6.04 Å². The third-order valence-corrected chi connectivity index (χ3v) is 3.67. The minimum Gasteiger partial charge on any atom is -0.310 e. The highest BCUT2D eigenvalue weighted by atomic mass is 19.1. The molecule has 1 aliphatic heterocycles. The van der Waals surface area contributed by atoms with Crippen LogP contribution in [-0.2, 0) is 6.54 Å². The second-order valence-corrected chi connectivity index (χ2v) is 7.01. The molecular weight excluding hydrogens is 239 g/mol. The van der Waals surface area contributed by atoms with Crippen LogP contribution in [0.4, 0.5) is 4.39 Å². The van der Waals surface area contributed by atoms with Gasteiger partial charge in [-0.2, -0.15) is 0 Å². The van der Waals surface area contributed by atoms with Crippen molar-refractivity contribution in [2.45, 2.75) is 64.2 Å². The van der Waals surface area contributed by atoms with Gasteiger partial charge in [0.05, 0.1) is 0 Å². The fraction of sp³-hybridized carbons (Fsp3) is 0.625. The second-order valence-electron chi connectivity index (χ2n) is 7.01. The monoisotopic (exact) mass is 264 g/mol. The van der Waals surface area contributed by atoms with Crippen molar-refractivity contribution in [1.29, 1.82) is 0 Å². The topological polar surface area (TPSA) is 24.1 Å². The number of hydrogen-bond donors (Lipinski definition) is 2. The average molecular weight is 264 g/mol. The Hall–Kier alpha value is -0.930. The molecule has 0 aromatic heterocycles. The summed E-state index contributed by atoms with van der Waals surface area (Å²) in [5.41, 5.74) is 1.29. The maximum Gasteiger partial charge on any atom is 0.123 e. The molecule has 0 bridgehead atoms. The zero-order valence-corrected chi connectivity index (χ0v) is 12.4. The van der Waals surface area contributed by atoms with Crippen molar-refractivity contribution in [2.24, 2.45) is 0 Å². The molecule has 0 amide bonds. The van der Waals surface area contributed by atoms with Crippen LogP contribution in [0, 0.1) is 5.82 Å². The second kappa shape index (κ2) is 5.22. The molecule has 2 nitrogen and oxygen atoms in total. The normalized spacial score (nSPS) is 22.4. The number of halogens is 1. The summed E-state index contributed by atoms with van der Waals surface area (Å²) >= 11 is 0. The van der Waals surface area contributed by atoms with Crippen LogP contribution in [0.3, 0.4) is 0 Å². The average Bonchev–Trinajstić information content (AvgIpc) is 2.22. The largest absolute Gasteiger partial charge is 0.310 e. The van der Waals surface area contributed by atoms with Gasteiger partial charge in [0, 0.05) is 23.7 Å². The van der Waals surface area contributed by atoms with Gasteiger partial charge >= 0.3 is 0 Å². The van der Waals surface area contributed by atoms with Crippen LogP contribution in [0.15, 0.2) is 24.3 Å². The fourth-order valence-electron chi connectivity index (χ4n) is 3.38. The standard InChI is InChI=1S/C16H25FN2/c1-15(2)9-14(10-16(3,4)19-15)18-11-12-6-5-7-13(17)8-12/h5-8,14,18-19H,9-11H2,1-4H3. The number of rotatable bonds is 3. The van der Waals surface area contributed by atoms with Crippen molar-refractivity contribution in [3.63, 3.8) is 0 Å². The Morgan fingerprint density at radius 2 is 1.84 bits per heavy atom. The summed E-state index contributed by atoms with van der Waals surface area (Å²) in [7, 11) is 0. The lowest BCUT2D eigenvalue weighted by molar-refractivity contribution is 0.145. The van der Waals surface area contributed by atoms with Crippen molar-refractivity contribution in [2.75, 3.05) is 0 Å². The summed E-state index contributed by atoms with van der Waals surface area (Å²) in [6, 6.07) is 7.29. The fourth-order valence-corrected chi connectivity index (χ4v) is 3.38. The first-order valence-electron chi connectivity index (χ1n) is 7.03. The van der Waals surface area contributed by atoms with Crippen LogP contribution in [-0.4, -0.2) is 17.1 Å². The quantitative estimate of drug-likeness (QED) is 0.876. The molecule has 0 saturated carbocycles. The van der Waals surface area contributed by atoms with Gasteiger partial charge < -0.3 is 10.6 Å². The molecule has 1 aliphatic rings. The lowest BCUT2D eigenvalue weighted by Crippen LogP contribution is -2.61. The molecule has 3 heteroatoms. The maximum absolute atomic E-state index is 13.1. The van der Waals surface area contributed by atoms with Gasteiger partial charge in [0.15, 0.2) is 0 Å². The van der Waals surface area contributed by atoms with E-state index >= 15 is 0 Å². The molecule has 1 aromatic carbocycles. The summed E-state index contributed by atoms with van der Waals surface area (Å²) in [6.45, 7) is 9.69. The van der Waals surface area contributed by atoms with E-state index in [1.54, 1.807) is 12.1 Å². The van der Waals surface area contributed by atoms with Gasteiger partial charge in [0.25, 0.3) is 0 Å². The van der Waals surface area contributed by atoms with Gasteiger partial charge in [0.2, 0.25) is 0 Å². The molecule has 1 heterocycles. The van der Waals surface area contributed by atoms with Gasteiger partial charge in [-0.25, -0.2) is 4.39 Å². The Morgan fingerprint density at radius 1 is 1.21 bits per heavy atom. The first-order chi connectivity index (χ1) is 8.76. The molecule has 0 radical (unpaired) electrons. The predicted molar refractivity (Wildman–Crippen MR) is 77.6 cm³/mol. The highest BCUT2D eigenvalue weighted by molar-refractivity contribution is 5.16. The molecule has 2 N–H and O–H groups in total. The van der Waals surface area contributed by atoms with Crippen LogP contribution in [0.25, 0.3) is 0 Å². The predicted octanol–water partition coefficient (Wildman–Crippen LogP) is 3.22.